The van der Waals surface area contributed by atoms with Crippen molar-refractivity contribution in [1.82, 2.24) is 9.27 Å². The number of thioether (sulfide) groups is 1. The molecule has 0 amide bonds. The minimum Gasteiger partial charge on any atom is -0.353 e. The molecule has 0 N–H and O–H groups in total. The maximum absolute atomic E-state index is 13.4. The molecule has 1 aliphatic carbocycles. The van der Waals surface area contributed by atoms with E-state index in [0.29, 0.717) is 0 Å². The van der Waals surface area contributed by atoms with Crippen LogP contribution in [0.1, 0.15) is 32.1 Å². The molecule has 1 aromatic heterocycles. The fourth-order valence-corrected chi connectivity index (χ4v) is 5.90. The van der Waals surface area contributed by atoms with Gasteiger partial charge in [0.2, 0.25) is 0 Å². The monoisotopic (exact) mass is 393 g/mol. The van der Waals surface area contributed by atoms with Crippen LogP contribution < -0.4 is 4.90 Å². The normalized spacial score (nSPS) is 25.1. The van der Waals surface area contributed by atoms with Gasteiger partial charge in [-0.15, -0.1) is 0 Å². The Labute approximate surface area is 164 Å². The van der Waals surface area contributed by atoms with Crippen molar-refractivity contribution in [3.63, 3.8) is 0 Å². The molecule has 6 heteroatoms. The van der Waals surface area contributed by atoms with Gasteiger partial charge in [0, 0.05) is 36.8 Å². The highest BCUT2D eigenvalue weighted by atomic mass is 32.2. The highest BCUT2D eigenvalue weighted by Crippen LogP contribution is 2.33. The topological polar surface area (TPSA) is 19.4 Å². The highest BCUT2D eigenvalue weighted by Gasteiger charge is 2.24. The molecule has 142 valence electrons. The zero-order valence-electron chi connectivity index (χ0n) is 15.5. The molecule has 1 saturated carbocycles. The zero-order valence-corrected chi connectivity index (χ0v) is 17.1. The predicted octanol–water partition coefficient (Wildman–Crippen LogP) is 4.87. The number of anilines is 1. The summed E-state index contributed by atoms with van der Waals surface area (Å²) in [7, 11) is 0. The molecule has 26 heavy (non-hydrogen) atoms. The van der Waals surface area contributed by atoms with Crippen LogP contribution in [0.5, 0.6) is 0 Å². The molecule has 1 saturated heterocycles. The number of hydrogen-bond donors (Lipinski definition) is 0. The lowest BCUT2D eigenvalue weighted by Gasteiger charge is -2.36. The summed E-state index contributed by atoms with van der Waals surface area (Å²) in [5.74, 6) is 1.80. The van der Waals surface area contributed by atoms with E-state index in [4.69, 9.17) is 0 Å². The number of hydrogen-bond acceptors (Lipinski definition) is 5. The van der Waals surface area contributed by atoms with Crippen LogP contribution in [-0.4, -0.2) is 53.5 Å². The second kappa shape index (κ2) is 8.44. The van der Waals surface area contributed by atoms with Crippen molar-refractivity contribution in [1.29, 1.82) is 0 Å². The molecule has 0 unspecified atom stereocenters. The molecule has 0 bridgehead atoms. The fourth-order valence-electron chi connectivity index (χ4n) is 4.33. The van der Waals surface area contributed by atoms with Crippen LogP contribution in [0.15, 0.2) is 18.2 Å². The molecule has 4 rings (SSSR count). The third-order valence-corrected chi connectivity index (χ3v) is 8.00. The van der Waals surface area contributed by atoms with Crippen molar-refractivity contribution in [2.45, 2.75) is 37.4 Å². The quantitative estimate of drug-likeness (QED) is 0.721. The van der Waals surface area contributed by atoms with Gasteiger partial charge in [-0.3, -0.25) is 4.90 Å². The van der Waals surface area contributed by atoms with Crippen LogP contribution in [0.25, 0.3) is 10.1 Å². The molecule has 2 aromatic rings. The molecule has 2 aliphatic rings. The van der Waals surface area contributed by atoms with Gasteiger partial charge in [-0.05, 0) is 80.6 Å². The lowest BCUT2D eigenvalue weighted by molar-refractivity contribution is 0.222. The zero-order chi connectivity index (χ0) is 17.9. The Morgan fingerprint density at radius 3 is 2.65 bits per heavy atom. The summed E-state index contributed by atoms with van der Waals surface area (Å²) in [6, 6.07) is 5.02. The van der Waals surface area contributed by atoms with Crippen LogP contribution in [0.4, 0.5) is 10.2 Å². The van der Waals surface area contributed by atoms with Gasteiger partial charge in [0.1, 0.15) is 11.6 Å². The Hall–Kier alpha value is -0.850. The van der Waals surface area contributed by atoms with Gasteiger partial charge in [-0.1, -0.05) is 0 Å². The molecule has 0 radical (unpaired) electrons. The van der Waals surface area contributed by atoms with E-state index < -0.39 is 0 Å². The molecule has 2 heterocycles. The number of aromatic nitrogens is 1. The smallest absolute Gasteiger partial charge is 0.150 e. The van der Waals surface area contributed by atoms with Crippen LogP contribution in [0, 0.1) is 11.7 Å². The Morgan fingerprint density at radius 1 is 1.15 bits per heavy atom. The Bertz CT molecular complexity index is 719. The summed E-state index contributed by atoms with van der Waals surface area (Å²) >= 11 is 3.46. The number of benzene rings is 1. The van der Waals surface area contributed by atoms with E-state index in [2.05, 4.69) is 32.2 Å². The first kappa shape index (κ1) is 18.5. The van der Waals surface area contributed by atoms with Crippen molar-refractivity contribution in [3.05, 3.63) is 24.0 Å². The van der Waals surface area contributed by atoms with Crippen molar-refractivity contribution in [2.24, 2.45) is 5.92 Å². The Kier molecular flexibility index (Phi) is 6.01. The van der Waals surface area contributed by atoms with E-state index >= 15 is 0 Å². The minimum absolute atomic E-state index is 0.177. The largest absolute Gasteiger partial charge is 0.353 e. The molecule has 0 spiro atoms. The van der Waals surface area contributed by atoms with Gasteiger partial charge in [-0.2, -0.15) is 16.1 Å². The van der Waals surface area contributed by atoms with Crippen molar-refractivity contribution < 1.29 is 4.39 Å². The summed E-state index contributed by atoms with van der Waals surface area (Å²) in [6.07, 6.45) is 9.29. The minimum atomic E-state index is -0.177. The Balaban J connectivity index is 1.26. The first-order chi connectivity index (χ1) is 12.7. The maximum atomic E-state index is 13.4. The van der Waals surface area contributed by atoms with E-state index in [-0.39, 0.29) is 5.82 Å². The number of halogens is 1. The second-order valence-corrected chi connectivity index (χ2v) is 9.59. The highest BCUT2D eigenvalue weighted by molar-refractivity contribution is 7.99. The van der Waals surface area contributed by atoms with Gasteiger partial charge >= 0.3 is 0 Å². The molecule has 1 aromatic carbocycles. The van der Waals surface area contributed by atoms with Crippen LogP contribution >= 0.6 is 23.3 Å². The van der Waals surface area contributed by atoms with Crippen LogP contribution in [0.3, 0.4) is 0 Å². The van der Waals surface area contributed by atoms with Gasteiger partial charge in [0.15, 0.2) is 0 Å². The van der Waals surface area contributed by atoms with Gasteiger partial charge in [0.05, 0.1) is 4.70 Å². The Morgan fingerprint density at radius 2 is 1.92 bits per heavy atom. The van der Waals surface area contributed by atoms with E-state index in [1.807, 2.05) is 6.07 Å². The van der Waals surface area contributed by atoms with Crippen molar-refractivity contribution >= 4 is 39.2 Å². The molecular weight excluding hydrogens is 365 g/mol. The second-order valence-electron chi connectivity index (χ2n) is 7.64. The summed E-state index contributed by atoms with van der Waals surface area (Å²) in [5, 5.41) is 2.01. The fraction of sp³-hybridized carbons (Fsp3) is 0.650. The van der Waals surface area contributed by atoms with Crippen LogP contribution in [-0.2, 0) is 0 Å². The van der Waals surface area contributed by atoms with E-state index in [0.717, 1.165) is 53.3 Å². The van der Waals surface area contributed by atoms with Gasteiger partial charge in [-0.25, -0.2) is 4.39 Å². The first-order valence-corrected chi connectivity index (χ1v) is 11.8. The van der Waals surface area contributed by atoms with E-state index in [1.54, 1.807) is 12.1 Å². The first-order valence-electron chi connectivity index (χ1n) is 9.78. The van der Waals surface area contributed by atoms with Gasteiger partial charge in [0.25, 0.3) is 0 Å². The standard InChI is InChI=1S/C20H28FN3S2/c1-25-17-5-2-15(3-6-17)8-9-23-10-12-24(13-11-23)20-18-7-4-16(21)14-19(18)26-22-20/h4,7,14-15,17H,2-3,5-6,8-13H2,1H3. The average molecular weight is 394 g/mol. The van der Waals surface area contributed by atoms with E-state index in [9.17, 15) is 4.39 Å². The van der Waals surface area contributed by atoms with Crippen molar-refractivity contribution in [2.75, 3.05) is 43.9 Å². The van der Waals surface area contributed by atoms with Crippen molar-refractivity contribution in [3.8, 4) is 0 Å². The molecular formula is C20H28FN3S2. The number of rotatable bonds is 5. The lowest BCUT2D eigenvalue weighted by atomic mass is 9.86. The summed E-state index contributed by atoms with van der Waals surface area (Å²) < 4.78 is 18.9. The van der Waals surface area contributed by atoms with E-state index in [1.165, 1.54) is 50.2 Å². The average Bonchev–Trinajstić information content (AvgIpc) is 3.10. The predicted molar refractivity (Wildman–Crippen MR) is 112 cm³/mol. The summed E-state index contributed by atoms with van der Waals surface area (Å²) in [4.78, 5) is 4.99. The number of fused-ring (bicyclic) bond motifs is 1. The number of nitrogens with zero attached hydrogens (tertiary/aromatic N) is 3. The van der Waals surface area contributed by atoms with Crippen LogP contribution in [0.2, 0.25) is 0 Å². The summed E-state index contributed by atoms with van der Waals surface area (Å²) in [5.41, 5.74) is 0. The molecule has 1 aliphatic heterocycles. The third kappa shape index (κ3) is 4.18. The third-order valence-electron chi connectivity index (χ3n) is 6.07. The number of piperazine rings is 1. The molecule has 3 nitrogen and oxygen atoms in total. The van der Waals surface area contributed by atoms with Gasteiger partial charge < -0.3 is 4.90 Å². The SMILES string of the molecule is CSC1CCC(CCN2CCN(c3nsc4cc(F)ccc34)CC2)CC1. The molecule has 2 fully saturated rings. The lowest BCUT2D eigenvalue weighted by Crippen LogP contribution is -2.47. The maximum Gasteiger partial charge on any atom is 0.150 e. The molecule has 0 atom stereocenters. The summed E-state index contributed by atoms with van der Waals surface area (Å²) in [6.45, 7) is 5.51.